The van der Waals surface area contributed by atoms with Gasteiger partial charge < -0.3 is 4.42 Å². The molecule has 2 atom stereocenters. The Labute approximate surface area is 111 Å². The molecule has 0 spiro atoms. The lowest BCUT2D eigenvalue weighted by Gasteiger charge is -2.15. The van der Waals surface area contributed by atoms with E-state index in [0.29, 0.717) is 10.7 Å². The van der Waals surface area contributed by atoms with Crippen LogP contribution < -0.4 is 0 Å². The van der Waals surface area contributed by atoms with E-state index in [9.17, 15) is 0 Å². The summed E-state index contributed by atoms with van der Waals surface area (Å²) < 4.78 is 5.73. The molecule has 0 fully saturated rings. The molecule has 2 unspecified atom stereocenters. The molecule has 2 rings (SSSR count). The first-order valence-corrected chi connectivity index (χ1v) is 7.10. The molecule has 2 aromatic rings. The fourth-order valence-electron chi connectivity index (χ4n) is 2.01. The van der Waals surface area contributed by atoms with Crippen LogP contribution in [0.2, 0.25) is 0 Å². The van der Waals surface area contributed by atoms with Gasteiger partial charge in [-0.05, 0) is 24.5 Å². The van der Waals surface area contributed by atoms with Crippen molar-refractivity contribution in [2.24, 2.45) is 5.92 Å². The van der Waals surface area contributed by atoms with E-state index < -0.39 is 0 Å². The second-order valence-electron chi connectivity index (χ2n) is 4.56. The van der Waals surface area contributed by atoms with E-state index in [1.165, 1.54) is 12.8 Å². The van der Waals surface area contributed by atoms with Crippen molar-refractivity contribution in [3.8, 4) is 0 Å². The first-order valence-electron chi connectivity index (χ1n) is 6.19. The number of aromatic nitrogens is 1. The van der Waals surface area contributed by atoms with E-state index in [2.05, 4.69) is 34.8 Å². The van der Waals surface area contributed by atoms with Gasteiger partial charge in [-0.15, -0.1) is 0 Å². The summed E-state index contributed by atoms with van der Waals surface area (Å²) in [6.45, 7) is 4.49. The van der Waals surface area contributed by atoms with Crippen LogP contribution >= 0.6 is 15.9 Å². The maximum Gasteiger partial charge on any atom is 0.196 e. The molecule has 0 saturated heterocycles. The summed E-state index contributed by atoms with van der Waals surface area (Å²) in [6.07, 6.45) is 3.31. The zero-order valence-electron chi connectivity index (χ0n) is 10.3. The average Bonchev–Trinajstić information content (AvgIpc) is 2.71. The number of rotatable bonds is 5. The van der Waals surface area contributed by atoms with Gasteiger partial charge in [0, 0.05) is 11.2 Å². The number of oxazole rings is 1. The molecular formula is C14H18BrNO. The fourth-order valence-corrected chi connectivity index (χ4v) is 2.55. The average molecular weight is 296 g/mol. The predicted octanol–water partition coefficient (Wildman–Crippen LogP) is 4.57. The Hall–Kier alpha value is -0.830. The number of hydrogen-bond acceptors (Lipinski definition) is 2. The van der Waals surface area contributed by atoms with E-state index in [1.54, 1.807) is 0 Å². The minimum absolute atomic E-state index is 0.440. The molecule has 17 heavy (non-hydrogen) atoms. The summed E-state index contributed by atoms with van der Waals surface area (Å²) >= 11 is 3.74. The van der Waals surface area contributed by atoms with E-state index in [-0.39, 0.29) is 0 Å². The molecule has 1 aromatic carbocycles. The SMILES string of the molecule is CCCC(C)C(Br)Cc1nc2ccccc2o1. The third kappa shape index (κ3) is 3.09. The van der Waals surface area contributed by atoms with Gasteiger partial charge in [0.1, 0.15) is 5.52 Å². The molecule has 0 aliphatic rings. The van der Waals surface area contributed by atoms with Crippen molar-refractivity contribution in [3.05, 3.63) is 30.2 Å². The molecule has 0 bridgehead atoms. The molecule has 1 aromatic heterocycles. The summed E-state index contributed by atoms with van der Waals surface area (Å²) in [5, 5.41) is 0. The monoisotopic (exact) mass is 295 g/mol. The highest BCUT2D eigenvalue weighted by Gasteiger charge is 2.16. The number of hydrogen-bond donors (Lipinski definition) is 0. The van der Waals surface area contributed by atoms with Crippen molar-refractivity contribution < 1.29 is 4.42 Å². The first kappa shape index (κ1) is 12.6. The molecule has 0 N–H and O–H groups in total. The third-order valence-electron chi connectivity index (χ3n) is 3.07. The highest BCUT2D eigenvalue weighted by molar-refractivity contribution is 9.09. The number of halogens is 1. The van der Waals surface area contributed by atoms with E-state index in [0.717, 1.165) is 23.4 Å². The zero-order valence-corrected chi connectivity index (χ0v) is 11.9. The molecule has 0 aliphatic carbocycles. The van der Waals surface area contributed by atoms with Crippen molar-refractivity contribution in [2.75, 3.05) is 0 Å². The van der Waals surface area contributed by atoms with Crippen LogP contribution in [0.1, 0.15) is 32.6 Å². The Morgan fingerprint density at radius 3 is 2.82 bits per heavy atom. The molecule has 2 nitrogen and oxygen atoms in total. The number of alkyl halides is 1. The van der Waals surface area contributed by atoms with Gasteiger partial charge in [0.25, 0.3) is 0 Å². The lowest BCUT2D eigenvalue weighted by Crippen LogP contribution is -2.13. The van der Waals surface area contributed by atoms with Gasteiger partial charge >= 0.3 is 0 Å². The number of fused-ring (bicyclic) bond motifs is 1. The van der Waals surface area contributed by atoms with Crippen LogP contribution in [-0.4, -0.2) is 9.81 Å². The van der Waals surface area contributed by atoms with E-state index >= 15 is 0 Å². The maximum absolute atomic E-state index is 5.73. The Morgan fingerprint density at radius 1 is 1.35 bits per heavy atom. The third-order valence-corrected chi connectivity index (χ3v) is 4.30. The number of benzene rings is 1. The summed E-state index contributed by atoms with van der Waals surface area (Å²) in [7, 11) is 0. The second-order valence-corrected chi connectivity index (χ2v) is 5.74. The Bertz CT molecular complexity index is 447. The standard InChI is InChI=1S/C14H18BrNO/c1-3-6-10(2)11(15)9-14-16-12-7-4-5-8-13(12)17-14/h4-5,7-8,10-11H,3,6,9H2,1-2H3. The molecule has 0 radical (unpaired) electrons. The summed E-state index contributed by atoms with van der Waals surface area (Å²) in [6, 6.07) is 7.91. The van der Waals surface area contributed by atoms with Crippen LogP contribution in [0, 0.1) is 5.92 Å². The van der Waals surface area contributed by atoms with E-state index in [1.807, 2.05) is 24.3 Å². The summed E-state index contributed by atoms with van der Waals surface area (Å²) in [5.41, 5.74) is 1.83. The molecule has 0 saturated carbocycles. The van der Waals surface area contributed by atoms with Crippen LogP contribution in [-0.2, 0) is 6.42 Å². The van der Waals surface area contributed by atoms with Gasteiger partial charge in [0.2, 0.25) is 0 Å². The Morgan fingerprint density at radius 2 is 2.12 bits per heavy atom. The van der Waals surface area contributed by atoms with Gasteiger partial charge in [0.05, 0.1) is 0 Å². The normalized spacial score (nSPS) is 15.0. The highest BCUT2D eigenvalue weighted by Crippen LogP contribution is 2.23. The van der Waals surface area contributed by atoms with Crippen LogP contribution in [0.25, 0.3) is 11.1 Å². The highest BCUT2D eigenvalue weighted by atomic mass is 79.9. The van der Waals surface area contributed by atoms with Crippen molar-refractivity contribution in [2.45, 2.75) is 37.9 Å². The quantitative estimate of drug-likeness (QED) is 0.755. The van der Waals surface area contributed by atoms with Crippen molar-refractivity contribution in [3.63, 3.8) is 0 Å². The van der Waals surface area contributed by atoms with Crippen LogP contribution in [0.15, 0.2) is 28.7 Å². The predicted molar refractivity (Wildman–Crippen MR) is 74.5 cm³/mol. The van der Waals surface area contributed by atoms with Crippen molar-refractivity contribution in [1.82, 2.24) is 4.98 Å². The molecule has 0 amide bonds. The lowest BCUT2D eigenvalue weighted by atomic mass is 10.0. The van der Waals surface area contributed by atoms with Crippen LogP contribution in [0.3, 0.4) is 0 Å². The molecule has 3 heteroatoms. The molecule has 92 valence electrons. The Kier molecular flexibility index (Phi) is 4.21. The fraction of sp³-hybridized carbons (Fsp3) is 0.500. The molecule has 1 heterocycles. The van der Waals surface area contributed by atoms with Gasteiger partial charge in [-0.3, -0.25) is 0 Å². The Balaban J connectivity index is 2.07. The van der Waals surface area contributed by atoms with Crippen molar-refractivity contribution in [1.29, 1.82) is 0 Å². The zero-order chi connectivity index (χ0) is 12.3. The summed E-state index contributed by atoms with van der Waals surface area (Å²) in [4.78, 5) is 4.94. The van der Waals surface area contributed by atoms with Crippen molar-refractivity contribution >= 4 is 27.0 Å². The maximum atomic E-state index is 5.73. The van der Waals surface area contributed by atoms with Gasteiger partial charge in [-0.25, -0.2) is 4.98 Å². The van der Waals surface area contributed by atoms with Gasteiger partial charge in [-0.1, -0.05) is 48.3 Å². The van der Waals surface area contributed by atoms with Gasteiger partial charge in [0.15, 0.2) is 11.5 Å². The minimum Gasteiger partial charge on any atom is -0.441 e. The van der Waals surface area contributed by atoms with Crippen LogP contribution in [0.5, 0.6) is 0 Å². The van der Waals surface area contributed by atoms with Gasteiger partial charge in [-0.2, -0.15) is 0 Å². The minimum atomic E-state index is 0.440. The smallest absolute Gasteiger partial charge is 0.196 e. The number of nitrogens with zero attached hydrogens (tertiary/aromatic N) is 1. The first-order chi connectivity index (χ1) is 8.20. The van der Waals surface area contributed by atoms with Crippen LogP contribution in [0.4, 0.5) is 0 Å². The molecule has 0 aliphatic heterocycles. The second kappa shape index (κ2) is 5.67. The summed E-state index contributed by atoms with van der Waals surface area (Å²) in [5.74, 6) is 1.48. The largest absolute Gasteiger partial charge is 0.441 e. The molecular weight excluding hydrogens is 278 g/mol. The lowest BCUT2D eigenvalue weighted by molar-refractivity contribution is 0.459. The van der Waals surface area contributed by atoms with E-state index in [4.69, 9.17) is 4.42 Å². The number of para-hydroxylation sites is 2. The topological polar surface area (TPSA) is 26.0 Å².